The van der Waals surface area contributed by atoms with E-state index in [4.69, 9.17) is 36.2 Å². The summed E-state index contributed by atoms with van der Waals surface area (Å²) in [6.07, 6.45) is 5.39. The van der Waals surface area contributed by atoms with Crippen molar-refractivity contribution in [3.05, 3.63) is 108 Å². The van der Waals surface area contributed by atoms with E-state index in [1.54, 1.807) is 24.7 Å². The van der Waals surface area contributed by atoms with Gasteiger partial charge in [0.05, 0.1) is 40.0 Å². The molecule has 0 aliphatic rings. The standard InChI is InChI=1S/C22H18N4.C2H3N.2CHF3O3S.Co/c1-22(19-11-3-6-15-24-19,20-12-4-7-16-25-20)21-13-8-10-18(26-21)17-9-2-5-14-23-17;1-2-3;2*2-1(3,4)8(5,6)7;/h2-16H,1H3;1H3;2*(H,5,6,7);/q;;;;+2/p-2. The second kappa shape index (κ2) is 17.6. The Hall–Kier alpha value is -4.00. The maximum Gasteiger partial charge on any atom is 2.00 e. The number of rotatable bonds is 4. The molecule has 249 valence electrons. The van der Waals surface area contributed by atoms with Crippen molar-refractivity contribution in [3.8, 4) is 17.5 Å². The first-order chi connectivity index (χ1) is 20.7. The Morgan fingerprint density at radius 1 is 0.630 bits per heavy atom. The second-order valence-corrected chi connectivity index (χ2v) is 10.9. The van der Waals surface area contributed by atoms with Crippen LogP contribution in [0.1, 0.15) is 30.9 Å². The predicted molar refractivity (Wildman–Crippen MR) is 144 cm³/mol. The van der Waals surface area contributed by atoms with Crippen molar-refractivity contribution >= 4 is 20.2 Å². The molecule has 0 aliphatic carbocycles. The van der Waals surface area contributed by atoms with Crippen LogP contribution in [0.4, 0.5) is 26.3 Å². The minimum absolute atomic E-state index is 0. The van der Waals surface area contributed by atoms with Gasteiger partial charge in [0.25, 0.3) is 0 Å². The minimum Gasteiger partial charge on any atom is -0.741 e. The van der Waals surface area contributed by atoms with Crippen molar-refractivity contribution < 1.29 is 69.1 Å². The Balaban J connectivity index is 0.000000839. The summed E-state index contributed by atoms with van der Waals surface area (Å²) >= 11 is 0. The van der Waals surface area contributed by atoms with Crippen molar-refractivity contribution in [1.82, 2.24) is 19.9 Å². The second-order valence-electron chi connectivity index (χ2n) is 8.20. The topological polar surface area (TPSA) is 190 Å². The van der Waals surface area contributed by atoms with Crippen LogP contribution in [0.5, 0.6) is 0 Å². The van der Waals surface area contributed by atoms with Crippen LogP contribution in [0.2, 0.25) is 0 Å². The molecule has 0 amide bonds. The van der Waals surface area contributed by atoms with E-state index in [9.17, 15) is 26.3 Å². The molecule has 0 fully saturated rings. The Kier molecular flexibility index (Phi) is 16.1. The van der Waals surface area contributed by atoms with Gasteiger partial charge in [-0.2, -0.15) is 31.6 Å². The van der Waals surface area contributed by atoms with Crippen molar-refractivity contribution in [3.63, 3.8) is 0 Å². The quantitative estimate of drug-likeness (QED) is 0.157. The SMILES string of the molecule is CC#N.CC(c1ccccn1)(c1ccccn1)c1cccc(-c2ccccn2)n1.O=S(=O)([O-])C(F)(F)F.O=S(=O)([O-])C(F)(F)F.[Co+2]. The average Bonchev–Trinajstić information content (AvgIpc) is 2.97. The molecule has 0 saturated carbocycles. The molecule has 0 atom stereocenters. The fourth-order valence-corrected chi connectivity index (χ4v) is 3.08. The molecule has 4 aromatic heterocycles. The third-order valence-corrected chi connectivity index (χ3v) is 6.24. The Bertz CT molecular complexity index is 1680. The Morgan fingerprint density at radius 2 is 0.957 bits per heavy atom. The van der Waals surface area contributed by atoms with Gasteiger partial charge in [0.1, 0.15) is 0 Å². The zero-order valence-corrected chi connectivity index (χ0v) is 25.9. The fraction of sp³-hybridized carbons (Fsp3) is 0.192. The summed E-state index contributed by atoms with van der Waals surface area (Å²) in [5.41, 5.74) is -7.47. The molecule has 0 aliphatic heterocycles. The smallest absolute Gasteiger partial charge is 0.741 e. The number of hydrogen-bond acceptors (Lipinski definition) is 11. The summed E-state index contributed by atoms with van der Waals surface area (Å²) in [4.78, 5) is 18.6. The molecule has 4 rings (SSSR count). The molecule has 11 nitrogen and oxygen atoms in total. The van der Waals surface area contributed by atoms with Gasteiger partial charge in [-0.05, 0) is 55.5 Å². The molecule has 0 saturated heterocycles. The van der Waals surface area contributed by atoms with Crippen LogP contribution in [-0.4, -0.2) is 56.9 Å². The Morgan fingerprint density at radius 3 is 1.26 bits per heavy atom. The molecular formula is C26H21CoF6N5O6S2. The van der Waals surface area contributed by atoms with Gasteiger partial charge in [0, 0.05) is 25.5 Å². The zero-order valence-electron chi connectivity index (χ0n) is 23.3. The molecule has 0 unspecified atom stereocenters. The molecule has 4 heterocycles. The van der Waals surface area contributed by atoms with Gasteiger partial charge in [-0.3, -0.25) is 15.0 Å². The van der Waals surface area contributed by atoms with E-state index in [1.165, 1.54) is 6.92 Å². The van der Waals surface area contributed by atoms with Crippen LogP contribution in [0.15, 0.2) is 91.4 Å². The number of pyridine rings is 4. The summed E-state index contributed by atoms with van der Waals surface area (Å²) in [7, 11) is -12.2. The summed E-state index contributed by atoms with van der Waals surface area (Å²) in [5, 5.41) is 7.32. The maximum atomic E-state index is 10.7. The maximum absolute atomic E-state index is 10.7. The van der Waals surface area contributed by atoms with Crippen LogP contribution in [0, 0.1) is 11.3 Å². The largest absolute Gasteiger partial charge is 2.00 e. The van der Waals surface area contributed by atoms with Crippen LogP contribution in [0.25, 0.3) is 11.4 Å². The number of halogens is 6. The average molecular weight is 737 g/mol. The minimum atomic E-state index is -6.09. The van der Waals surface area contributed by atoms with E-state index in [1.807, 2.05) is 72.8 Å². The first-order valence-electron chi connectivity index (χ1n) is 11.8. The first-order valence-corrected chi connectivity index (χ1v) is 14.6. The number of nitrogens with zero attached hydrogens (tertiary/aromatic N) is 5. The van der Waals surface area contributed by atoms with Crippen molar-refractivity contribution in [2.24, 2.45) is 0 Å². The van der Waals surface area contributed by atoms with Crippen molar-refractivity contribution in [1.29, 1.82) is 5.26 Å². The normalized spacial score (nSPS) is 11.4. The summed E-state index contributed by atoms with van der Waals surface area (Å²) < 4.78 is 118. The van der Waals surface area contributed by atoms with E-state index in [2.05, 4.69) is 21.9 Å². The van der Waals surface area contributed by atoms with E-state index in [0.717, 1.165) is 28.5 Å². The Labute approximate surface area is 270 Å². The number of nitriles is 1. The van der Waals surface area contributed by atoms with Crippen LogP contribution >= 0.6 is 0 Å². The molecule has 1 radical (unpaired) electrons. The van der Waals surface area contributed by atoms with Gasteiger partial charge in [0.2, 0.25) is 0 Å². The molecule has 0 N–H and O–H groups in total. The van der Waals surface area contributed by atoms with Crippen molar-refractivity contribution in [2.45, 2.75) is 30.3 Å². The van der Waals surface area contributed by atoms with Crippen LogP contribution in [-0.2, 0) is 42.4 Å². The molecule has 4 aromatic rings. The number of hydrogen-bond donors (Lipinski definition) is 0. The van der Waals surface area contributed by atoms with E-state index in [0.29, 0.717) is 0 Å². The van der Waals surface area contributed by atoms with Gasteiger partial charge in [-0.25, -0.2) is 21.8 Å². The van der Waals surface area contributed by atoms with E-state index in [-0.39, 0.29) is 16.8 Å². The number of aromatic nitrogens is 4. The van der Waals surface area contributed by atoms with Gasteiger partial charge < -0.3 is 9.11 Å². The molecule has 0 spiro atoms. The molecule has 46 heavy (non-hydrogen) atoms. The zero-order chi connectivity index (χ0) is 34.5. The molecule has 0 bridgehead atoms. The monoisotopic (exact) mass is 736 g/mol. The molecular weight excluding hydrogens is 715 g/mol. The van der Waals surface area contributed by atoms with Crippen LogP contribution in [0.3, 0.4) is 0 Å². The first kappa shape index (κ1) is 42.0. The number of alkyl halides is 6. The van der Waals surface area contributed by atoms with Gasteiger partial charge >= 0.3 is 27.8 Å². The van der Waals surface area contributed by atoms with E-state index < -0.39 is 36.7 Å². The van der Waals surface area contributed by atoms with Gasteiger partial charge in [-0.15, -0.1) is 0 Å². The summed E-state index contributed by atoms with van der Waals surface area (Å²) in [5.74, 6) is 0. The molecule has 20 heteroatoms. The third-order valence-electron chi connectivity index (χ3n) is 5.11. The van der Waals surface area contributed by atoms with E-state index >= 15 is 0 Å². The fourth-order valence-electron chi connectivity index (χ4n) is 3.08. The molecule has 0 aromatic carbocycles. The summed E-state index contributed by atoms with van der Waals surface area (Å²) in [6.45, 7) is 3.54. The van der Waals surface area contributed by atoms with Gasteiger partial charge in [0.15, 0.2) is 20.2 Å². The third kappa shape index (κ3) is 12.4. The van der Waals surface area contributed by atoms with Crippen LogP contribution < -0.4 is 0 Å². The van der Waals surface area contributed by atoms with Crippen molar-refractivity contribution in [2.75, 3.05) is 0 Å². The summed E-state index contributed by atoms with van der Waals surface area (Å²) in [6, 6.07) is 25.4. The van der Waals surface area contributed by atoms with Gasteiger partial charge in [-0.1, -0.05) is 24.3 Å². The predicted octanol–water partition coefficient (Wildman–Crippen LogP) is 4.92.